The first-order valence-corrected chi connectivity index (χ1v) is 23.3. The third-order valence-corrected chi connectivity index (χ3v) is 10.6. The van der Waals surface area contributed by atoms with Gasteiger partial charge in [-0.2, -0.15) is 0 Å². The van der Waals surface area contributed by atoms with Crippen LogP contribution in [0.5, 0.6) is 0 Å². The number of amides is 1. The van der Waals surface area contributed by atoms with Crippen molar-refractivity contribution in [2.45, 2.75) is 199 Å². The van der Waals surface area contributed by atoms with Crippen molar-refractivity contribution >= 4 is 13.7 Å². The van der Waals surface area contributed by atoms with Gasteiger partial charge in [0, 0.05) is 6.42 Å². The highest BCUT2D eigenvalue weighted by Gasteiger charge is 2.28. The Labute approximate surface area is 327 Å². The molecular formula is C44H86N2O6P+. The Kier molecular flexibility index (Phi) is 35.5. The number of carbonyl (C=O) groups excluding carboxylic acids is 1. The van der Waals surface area contributed by atoms with Crippen molar-refractivity contribution < 1.29 is 32.9 Å². The van der Waals surface area contributed by atoms with Crippen molar-refractivity contribution in [1.82, 2.24) is 5.32 Å². The summed E-state index contributed by atoms with van der Waals surface area (Å²) in [7, 11) is 1.60. The van der Waals surface area contributed by atoms with Gasteiger partial charge in [-0.05, 0) is 51.4 Å². The maximum atomic E-state index is 12.8. The maximum absolute atomic E-state index is 12.8. The zero-order chi connectivity index (χ0) is 39.3. The Morgan fingerprint density at radius 2 is 1.08 bits per heavy atom. The lowest BCUT2D eigenvalue weighted by Crippen LogP contribution is -2.46. The van der Waals surface area contributed by atoms with Crippen molar-refractivity contribution in [3.8, 4) is 0 Å². The van der Waals surface area contributed by atoms with E-state index < -0.39 is 20.0 Å². The number of allylic oxidation sites excluding steroid dienone is 6. The summed E-state index contributed by atoms with van der Waals surface area (Å²) in [5, 5.41) is 13.9. The predicted molar refractivity (Wildman–Crippen MR) is 226 cm³/mol. The van der Waals surface area contributed by atoms with Gasteiger partial charge in [0.2, 0.25) is 5.91 Å². The SMILES string of the molecule is CCCCCCC/C=C\C/C=C\C/C=C\CCCCCCCCC(=O)NC(COP(=O)(O)OCC[N+](C)(C)C)C(O)CCCCCCCCCCCC. The van der Waals surface area contributed by atoms with E-state index in [1.54, 1.807) is 0 Å². The van der Waals surface area contributed by atoms with E-state index in [9.17, 15) is 19.4 Å². The Hall–Kier alpha value is -1.28. The van der Waals surface area contributed by atoms with Gasteiger partial charge in [-0.15, -0.1) is 0 Å². The molecule has 0 saturated carbocycles. The van der Waals surface area contributed by atoms with Crippen LogP contribution in [0.15, 0.2) is 36.5 Å². The summed E-state index contributed by atoms with van der Waals surface area (Å²) in [6.07, 6.45) is 43.1. The van der Waals surface area contributed by atoms with Crippen molar-refractivity contribution in [2.24, 2.45) is 0 Å². The fourth-order valence-electron chi connectivity index (χ4n) is 6.11. The summed E-state index contributed by atoms with van der Waals surface area (Å²) in [4.78, 5) is 23.1. The lowest BCUT2D eigenvalue weighted by atomic mass is 10.0. The minimum absolute atomic E-state index is 0.0708. The molecule has 1 amide bonds. The van der Waals surface area contributed by atoms with Crippen LogP contribution in [-0.4, -0.2) is 73.4 Å². The van der Waals surface area contributed by atoms with Gasteiger partial charge in [0.1, 0.15) is 13.2 Å². The molecule has 0 radical (unpaired) electrons. The third-order valence-electron chi connectivity index (χ3n) is 9.64. The molecule has 0 aromatic rings. The maximum Gasteiger partial charge on any atom is 0.472 e. The second-order valence-electron chi connectivity index (χ2n) is 16.1. The average molecular weight is 770 g/mol. The van der Waals surface area contributed by atoms with Crippen LogP contribution >= 0.6 is 7.82 Å². The van der Waals surface area contributed by atoms with Crippen molar-refractivity contribution in [3.05, 3.63) is 36.5 Å². The van der Waals surface area contributed by atoms with Gasteiger partial charge in [0.25, 0.3) is 0 Å². The number of nitrogens with zero attached hydrogens (tertiary/aromatic N) is 1. The highest BCUT2D eigenvalue weighted by molar-refractivity contribution is 7.47. The summed E-state index contributed by atoms with van der Waals surface area (Å²) in [6, 6.07) is -0.765. The van der Waals surface area contributed by atoms with Crippen molar-refractivity contribution in [1.29, 1.82) is 0 Å². The van der Waals surface area contributed by atoms with E-state index in [1.807, 2.05) is 21.1 Å². The topological polar surface area (TPSA) is 105 Å². The predicted octanol–water partition coefficient (Wildman–Crippen LogP) is 11.9. The van der Waals surface area contributed by atoms with Gasteiger partial charge in [-0.25, -0.2) is 4.57 Å². The van der Waals surface area contributed by atoms with E-state index >= 15 is 0 Å². The number of unbranched alkanes of at least 4 members (excludes halogenated alkanes) is 20. The molecule has 3 N–H and O–H groups in total. The first-order valence-electron chi connectivity index (χ1n) is 21.9. The van der Waals surface area contributed by atoms with Crippen LogP contribution in [-0.2, 0) is 18.4 Å². The van der Waals surface area contributed by atoms with Gasteiger partial charge < -0.3 is 19.8 Å². The normalized spacial score (nSPS) is 14.8. The lowest BCUT2D eigenvalue weighted by Gasteiger charge is -2.26. The molecule has 9 heteroatoms. The largest absolute Gasteiger partial charge is 0.472 e. The summed E-state index contributed by atoms with van der Waals surface area (Å²) < 4.78 is 23.5. The number of aliphatic hydroxyl groups is 1. The molecule has 0 rings (SSSR count). The second kappa shape index (κ2) is 36.4. The number of nitrogens with one attached hydrogen (secondary N) is 1. The highest BCUT2D eigenvalue weighted by Crippen LogP contribution is 2.43. The summed E-state index contributed by atoms with van der Waals surface area (Å²) >= 11 is 0. The summed E-state index contributed by atoms with van der Waals surface area (Å²) in [5.41, 5.74) is 0. The molecule has 8 nitrogen and oxygen atoms in total. The monoisotopic (exact) mass is 770 g/mol. The molecule has 3 unspecified atom stereocenters. The van der Waals surface area contributed by atoms with Gasteiger partial charge in [-0.1, -0.05) is 166 Å². The lowest BCUT2D eigenvalue weighted by molar-refractivity contribution is -0.870. The van der Waals surface area contributed by atoms with E-state index in [1.165, 1.54) is 96.3 Å². The Morgan fingerprint density at radius 3 is 1.57 bits per heavy atom. The smallest absolute Gasteiger partial charge is 0.391 e. The number of rotatable bonds is 39. The molecule has 0 fully saturated rings. The molecule has 0 aliphatic carbocycles. The van der Waals surface area contributed by atoms with Crippen LogP contribution < -0.4 is 5.32 Å². The molecule has 0 aliphatic rings. The molecule has 0 aliphatic heterocycles. The summed E-state index contributed by atoms with van der Waals surface area (Å²) in [5.74, 6) is -0.160. The van der Waals surface area contributed by atoms with Crippen LogP contribution in [0, 0.1) is 0 Å². The molecule has 53 heavy (non-hydrogen) atoms. The molecule has 0 aromatic carbocycles. The third kappa shape index (κ3) is 38.8. The molecule has 3 atom stereocenters. The van der Waals surface area contributed by atoms with Crippen LogP contribution in [0.4, 0.5) is 0 Å². The average Bonchev–Trinajstić information content (AvgIpc) is 3.10. The van der Waals surface area contributed by atoms with Gasteiger partial charge >= 0.3 is 7.82 Å². The van der Waals surface area contributed by atoms with E-state index in [0.717, 1.165) is 64.2 Å². The van der Waals surface area contributed by atoms with Gasteiger partial charge in [0.05, 0.1) is 39.9 Å². The van der Waals surface area contributed by atoms with E-state index in [2.05, 4.69) is 55.6 Å². The Bertz CT molecular complexity index is 964. The molecule has 0 spiro atoms. The molecular weight excluding hydrogens is 683 g/mol. The standard InChI is InChI=1S/C44H85N2O6P/c1-6-8-10-12-14-16-18-19-20-21-22-23-24-25-26-27-28-30-32-34-36-38-44(48)45-42(41-52-53(49,50)51-40-39-46(3,4)5)43(47)37-35-33-31-29-17-15-13-11-9-7-2/h18-19,21-22,24-25,42-43,47H,6-17,20,23,26-41H2,1-5H3,(H-,45,48,49,50)/p+1/b19-18-,22-21-,25-24-. The number of likely N-dealkylation sites (N-methyl/N-ethyl adjacent to an activating group) is 1. The molecule has 312 valence electrons. The second-order valence-corrected chi connectivity index (χ2v) is 17.5. The number of hydrogen-bond acceptors (Lipinski definition) is 5. The fourth-order valence-corrected chi connectivity index (χ4v) is 6.85. The molecule has 0 heterocycles. The zero-order valence-corrected chi connectivity index (χ0v) is 36.1. The quantitative estimate of drug-likeness (QED) is 0.0249. The molecule has 0 bridgehead atoms. The summed E-state index contributed by atoms with van der Waals surface area (Å²) in [6.45, 7) is 4.84. The number of phosphoric acid groups is 1. The zero-order valence-electron chi connectivity index (χ0n) is 35.3. The van der Waals surface area contributed by atoms with Gasteiger partial charge in [0.15, 0.2) is 0 Å². The van der Waals surface area contributed by atoms with Crippen molar-refractivity contribution in [3.63, 3.8) is 0 Å². The van der Waals surface area contributed by atoms with E-state index in [-0.39, 0.29) is 19.1 Å². The first-order chi connectivity index (χ1) is 25.5. The first kappa shape index (κ1) is 51.7. The minimum Gasteiger partial charge on any atom is -0.391 e. The minimum atomic E-state index is -4.31. The number of hydrogen-bond donors (Lipinski definition) is 3. The molecule has 0 aromatic heterocycles. The Balaban J connectivity index is 4.33. The van der Waals surface area contributed by atoms with E-state index in [4.69, 9.17) is 9.05 Å². The number of carbonyl (C=O) groups is 1. The fraction of sp³-hybridized carbons (Fsp3) is 0.841. The van der Waals surface area contributed by atoms with E-state index in [0.29, 0.717) is 23.9 Å². The van der Waals surface area contributed by atoms with Crippen LogP contribution in [0.25, 0.3) is 0 Å². The highest BCUT2D eigenvalue weighted by atomic mass is 31.2. The Morgan fingerprint density at radius 1 is 0.642 bits per heavy atom. The number of aliphatic hydroxyl groups excluding tert-OH is 1. The van der Waals surface area contributed by atoms with Crippen molar-refractivity contribution in [2.75, 3.05) is 40.9 Å². The van der Waals surface area contributed by atoms with Gasteiger partial charge in [-0.3, -0.25) is 13.8 Å². The van der Waals surface area contributed by atoms with Crippen LogP contribution in [0.3, 0.4) is 0 Å². The molecule has 0 saturated heterocycles. The number of quaternary nitrogens is 1. The van der Waals surface area contributed by atoms with Crippen LogP contribution in [0.2, 0.25) is 0 Å². The number of phosphoric ester groups is 1. The van der Waals surface area contributed by atoms with Crippen LogP contribution in [0.1, 0.15) is 187 Å².